The Morgan fingerprint density at radius 1 is 0.729 bits per heavy atom. The van der Waals surface area contributed by atoms with Gasteiger partial charge in [0.2, 0.25) is 0 Å². The molecule has 0 aromatic heterocycles. The van der Waals surface area contributed by atoms with Crippen LogP contribution in [0.1, 0.15) is 46.2 Å². The molecule has 0 radical (unpaired) electrons. The van der Waals surface area contributed by atoms with Gasteiger partial charge in [-0.05, 0) is 60.1 Å². The van der Waals surface area contributed by atoms with Crippen molar-refractivity contribution in [1.82, 2.24) is 5.32 Å². The molecule has 2 fully saturated rings. The fourth-order valence-electron chi connectivity index (χ4n) is 7.48. The number of ether oxygens (including phenoxy) is 6. The molecular weight excluding hydrogens is 762 g/mol. The van der Waals surface area contributed by atoms with Gasteiger partial charge in [-0.25, -0.2) is 0 Å². The predicted molar refractivity (Wildman–Crippen MR) is 228 cm³/mol. The summed E-state index contributed by atoms with van der Waals surface area (Å²) in [6.07, 6.45) is -4.44. The Morgan fingerprint density at radius 3 is 1.97 bits per heavy atom. The molecule has 8 rings (SSSR count). The van der Waals surface area contributed by atoms with Crippen LogP contribution in [0.25, 0.3) is 0 Å². The number of hydrogen-bond acceptors (Lipinski definition) is 8. The summed E-state index contributed by atoms with van der Waals surface area (Å²) in [4.78, 5) is 29.2. The zero-order valence-electron chi connectivity index (χ0n) is 32.8. The summed E-state index contributed by atoms with van der Waals surface area (Å²) in [7, 11) is 0.470. The van der Waals surface area contributed by atoms with Gasteiger partial charge in [-0.3, -0.25) is 9.59 Å². The van der Waals surface area contributed by atoms with Crippen molar-refractivity contribution >= 4 is 35.7 Å². The van der Waals surface area contributed by atoms with Gasteiger partial charge in [0.1, 0.15) is 24.0 Å². The number of rotatable bonds is 13. The minimum absolute atomic E-state index is 0.122. The van der Waals surface area contributed by atoms with Gasteiger partial charge in [0.15, 0.2) is 18.7 Å². The van der Waals surface area contributed by atoms with Crippen LogP contribution in [0.4, 0.5) is 0 Å². The summed E-state index contributed by atoms with van der Waals surface area (Å²) >= 11 is 0. The molecule has 7 atom stereocenters. The highest BCUT2D eigenvalue weighted by Gasteiger charge is 2.53. The number of fused-ring (bicyclic) bond motifs is 1. The van der Waals surface area contributed by atoms with Crippen molar-refractivity contribution in [3.63, 3.8) is 0 Å². The molecule has 0 saturated carbocycles. The highest BCUT2D eigenvalue weighted by molar-refractivity contribution is 7.80. The maximum Gasteiger partial charge on any atom is 0.313 e. The number of nitrogens with one attached hydrogen (secondary N) is 1. The van der Waals surface area contributed by atoms with E-state index in [1.807, 2.05) is 153 Å². The van der Waals surface area contributed by atoms with Crippen LogP contribution < -0.4 is 26.0 Å². The standard InChI is InChI=1S/C49H46NO8P/c1-33(35-19-9-4-10-20-35)47(52)57-45-43(50-46(51)40-25-15-16-26-42(40)59(38-21-11-5-12-22-38)39-23-13-6-14-24-39)49(54-31-34-17-7-3-8-18-34)56-41-32-55-48(58-44(41)45)36-27-29-37(53-2)30-28-36/h3-30,33,41,43-45,48-49H,31-32H2,1-2H3,(H,50,51)/t33-,41-,43-,44-,45-,48-,49+/m1/s1. The SMILES string of the molecule is COc1ccc([C@@H]2OC[C@H]3O[C@H](OCc4ccccc4)[C@H](NC(=O)c4ccccc4P(c4ccccc4)c4ccccc4)[C@@H](OC(=O)[C@H](C)c4ccccc4)[C@@H]3O2)cc1. The van der Waals surface area contributed by atoms with E-state index in [2.05, 4.69) is 29.6 Å². The first-order chi connectivity index (χ1) is 29.0. The quantitative estimate of drug-likeness (QED) is 0.0958. The topological polar surface area (TPSA) is 102 Å². The summed E-state index contributed by atoms with van der Waals surface area (Å²) in [6.45, 7) is 2.11. The number of benzene rings is 6. The van der Waals surface area contributed by atoms with Crippen molar-refractivity contribution in [3.8, 4) is 5.75 Å². The van der Waals surface area contributed by atoms with Gasteiger partial charge < -0.3 is 33.7 Å². The van der Waals surface area contributed by atoms with E-state index in [4.69, 9.17) is 28.4 Å². The van der Waals surface area contributed by atoms with Crippen LogP contribution in [0.3, 0.4) is 0 Å². The molecule has 6 aromatic rings. The highest BCUT2D eigenvalue weighted by atomic mass is 31.1. The number of carbonyl (C=O) groups excluding carboxylic acids is 2. The van der Waals surface area contributed by atoms with E-state index < -0.39 is 56.7 Å². The second-order valence-electron chi connectivity index (χ2n) is 14.4. The van der Waals surface area contributed by atoms with Gasteiger partial charge in [-0.15, -0.1) is 0 Å². The molecule has 0 aliphatic carbocycles. The fraction of sp³-hybridized carbons (Fsp3) is 0.224. The lowest BCUT2D eigenvalue weighted by Gasteiger charge is -2.49. The molecule has 0 unspecified atom stereocenters. The molecule has 300 valence electrons. The second-order valence-corrected chi connectivity index (χ2v) is 16.6. The third-order valence-electron chi connectivity index (χ3n) is 10.6. The molecule has 0 spiro atoms. The Balaban J connectivity index is 1.17. The van der Waals surface area contributed by atoms with Crippen molar-refractivity contribution < 1.29 is 38.0 Å². The molecule has 1 N–H and O–H groups in total. The molecule has 10 heteroatoms. The van der Waals surface area contributed by atoms with Gasteiger partial charge in [-0.2, -0.15) is 0 Å². The van der Waals surface area contributed by atoms with E-state index in [0.717, 1.165) is 32.6 Å². The van der Waals surface area contributed by atoms with Crippen molar-refractivity contribution in [2.75, 3.05) is 13.7 Å². The van der Waals surface area contributed by atoms with E-state index >= 15 is 0 Å². The first-order valence-corrected chi connectivity index (χ1v) is 21.1. The molecule has 2 aliphatic heterocycles. The summed E-state index contributed by atoms with van der Waals surface area (Å²) in [5.41, 5.74) is 2.94. The van der Waals surface area contributed by atoms with Crippen molar-refractivity contribution in [2.45, 2.75) is 56.4 Å². The van der Waals surface area contributed by atoms with Gasteiger partial charge >= 0.3 is 5.97 Å². The normalized spacial score (nSPS) is 21.8. The second kappa shape index (κ2) is 18.9. The largest absolute Gasteiger partial charge is 0.497 e. The highest BCUT2D eigenvalue weighted by Crippen LogP contribution is 2.38. The average Bonchev–Trinajstić information content (AvgIpc) is 3.30. The zero-order valence-corrected chi connectivity index (χ0v) is 33.7. The van der Waals surface area contributed by atoms with E-state index in [1.54, 1.807) is 7.11 Å². The van der Waals surface area contributed by atoms with Gasteiger partial charge in [0.05, 0.1) is 26.2 Å². The summed E-state index contributed by atoms with van der Waals surface area (Å²) in [6, 6.07) is 53.7. The maximum absolute atomic E-state index is 15.0. The number of esters is 1. The van der Waals surface area contributed by atoms with Crippen LogP contribution in [-0.4, -0.2) is 56.2 Å². The van der Waals surface area contributed by atoms with Crippen molar-refractivity contribution in [2.24, 2.45) is 0 Å². The van der Waals surface area contributed by atoms with Gasteiger partial charge in [0.25, 0.3) is 5.91 Å². The Bertz CT molecular complexity index is 2240. The molecule has 2 aliphatic rings. The summed E-state index contributed by atoms with van der Waals surface area (Å²) < 4.78 is 38.0. The number of hydrogen-bond donors (Lipinski definition) is 1. The van der Waals surface area contributed by atoms with E-state index in [9.17, 15) is 9.59 Å². The molecule has 9 nitrogen and oxygen atoms in total. The van der Waals surface area contributed by atoms with Crippen molar-refractivity contribution in [3.05, 3.63) is 192 Å². The molecular formula is C49H46NO8P. The van der Waals surface area contributed by atoms with Crippen LogP contribution >= 0.6 is 7.92 Å². The molecule has 2 saturated heterocycles. The molecule has 0 bridgehead atoms. The van der Waals surface area contributed by atoms with E-state index in [1.165, 1.54) is 0 Å². The van der Waals surface area contributed by atoms with E-state index in [0.29, 0.717) is 11.3 Å². The minimum atomic E-state index is -1.14. The summed E-state index contributed by atoms with van der Waals surface area (Å²) in [5, 5.41) is 6.34. The smallest absolute Gasteiger partial charge is 0.313 e. The molecule has 1 amide bonds. The monoisotopic (exact) mass is 807 g/mol. The average molecular weight is 808 g/mol. The zero-order chi connectivity index (χ0) is 40.6. The lowest BCUT2D eigenvalue weighted by atomic mass is 9.94. The van der Waals surface area contributed by atoms with Gasteiger partial charge in [0, 0.05) is 11.1 Å². The van der Waals surface area contributed by atoms with Crippen LogP contribution in [0.5, 0.6) is 5.75 Å². The molecule has 59 heavy (non-hydrogen) atoms. The summed E-state index contributed by atoms with van der Waals surface area (Å²) in [5.74, 6) is -0.766. The lowest BCUT2D eigenvalue weighted by Crippen LogP contribution is -2.68. The number of amides is 1. The first kappa shape index (κ1) is 40.1. The van der Waals surface area contributed by atoms with Crippen molar-refractivity contribution in [1.29, 1.82) is 0 Å². The Hall–Kier alpha value is -5.67. The Labute approximate surface area is 346 Å². The molecule has 2 heterocycles. The number of methoxy groups -OCH3 is 1. The van der Waals surface area contributed by atoms with E-state index in [-0.39, 0.29) is 19.1 Å². The minimum Gasteiger partial charge on any atom is -0.497 e. The van der Waals surface area contributed by atoms with Gasteiger partial charge in [-0.1, -0.05) is 152 Å². The Kier molecular flexibility index (Phi) is 12.9. The van der Waals surface area contributed by atoms with Crippen LogP contribution in [0.15, 0.2) is 170 Å². The predicted octanol–water partition coefficient (Wildman–Crippen LogP) is 7.32. The van der Waals surface area contributed by atoms with Crippen LogP contribution in [0, 0.1) is 0 Å². The Morgan fingerprint density at radius 2 is 1.32 bits per heavy atom. The van der Waals surface area contributed by atoms with Crippen LogP contribution in [-0.2, 0) is 35.1 Å². The third kappa shape index (κ3) is 9.31. The third-order valence-corrected chi connectivity index (χ3v) is 13.1. The van der Waals surface area contributed by atoms with Crippen LogP contribution in [0.2, 0.25) is 0 Å². The first-order valence-electron chi connectivity index (χ1n) is 19.7. The molecule has 6 aromatic carbocycles. The fourth-order valence-corrected chi connectivity index (χ4v) is 9.92. The number of carbonyl (C=O) groups is 2. The lowest BCUT2D eigenvalue weighted by molar-refractivity contribution is -0.346. The maximum atomic E-state index is 15.0.